The van der Waals surface area contributed by atoms with Crippen LogP contribution in [0.2, 0.25) is 0 Å². The SMILES string of the molecule is CCOC(=O)COC1(c2ccc(OCc3cnc(-c4cccc(F)c4C)s3)cc2)COC1. The predicted molar refractivity (Wildman–Crippen MR) is 118 cm³/mol. The molecule has 2 aromatic carbocycles. The van der Waals surface area contributed by atoms with Gasteiger partial charge in [-0.2, -0.15) is 0 Å². The summed E-state index contributed by atoms with van der Waals surface area (Å²) in [4.78, 5) is 17.0. The Morgan fingerprint density at radius 2 is 2.00 bits per heavy atom. The van der Waals surface area contributed by atoms with Crippen LogP contribution in [-0.4, -0.2) is 37.4 Å². The van der Waals surface area contributed by atoms with Crippen molar-refractivity contribution in [3.05, 3.63) is 70.5 Å². The highest BCUT2D eigenvalue weighted by molar-refractivity contribution is 7.15. The molecule has 0 radical (unpaired) electrons. The van der Waals surface area contributed by atoms with Gasteiger partial charge in [-0.15, -0.1) is 11.3 Å². The first kappa shape index (κ1) is 22.4. The lowest BCUT2D eigenvalue weighted by atomic mass is 9.91. The van der Waals surface area contributed by atoms with E-state index >= 15 is 0 Å². The summed E-state index contributed by atoms with van der Waals surface area (Å²) >= 11 is 1.48. The number of carbonyl (C=O) groups excluding carboxylic acids is 1. The van der Waals surface area contributed by atoms with E-state index in [0.717, 1.165) is 21.0 Å². The summed E-state index contributed by atoms with van der Waals surface area (Å²) in [5.41, 5.74) is 1.66. The first-order valence-electron chi connectivity index (χ1n) is 10.3. The normalized spacial score (nSPS) is 14.6. The molecule has 8 heteroatoms. The minimum Gasteiger partial charge on any atom is -0.488 e. The van der Waals surface area contributed by atoms with Crippen LogP contribution >= 0.6 is 11.3 Å². The number of ether oxygens (including phenoxy) is 4. The van der Waals surface area contributed by atoms with Crippen LogP contribution in [-0.2, 0) is 31.2 Å². The highest BCUT2D eigenvalue weighted by Gasteiger charge is 2.42. The summed E-state index contributed by atoms with van der Waals surface area (Å²) in [6, 6.07) is 12.6. The Morgan fingerprint density at radius 3 is 2.69 bits per heavy atom. The van der Waals surface area contributed by atoms with Crippen molar-refractivity contribution in [2.24, 2.45) is 0 Å². The number of rotatable bonds is 9. The van der Waals surface area contributed by atoms with Crippen molar-refractivity contribution < 1.29 is 28.1 Å². The van der Waals surface area contributed by atoms with Crippen molar-refractivity contribution in [1.82, 2.24) is 4.98 Å². The fraction of sp³-hybridized carbons (Fsp3) is 0.333. The second-order valence-corrected chi connectivity index (χ2v) is 8.55. The molecular formula is C24H24FNO5S. The summed E-state index contributed by atoms with van der Waals surface area (Å²) in [7, 11) is 0. The zero-order valence-corrected chi connectivity index (χ0v) is 18.7. The van der Waals surface area contributed by atoms with Gasteiger partial charge in [-0.25, -0.2) is 14.2 Å². The Morgan fingerprint density at radius 1 is 1.22 bits per heavy atom. The van der Waals surface area contributed by atoms with Crippen molar-refractivity contribution in [2.75, 3.05) is 26.4 Å². The van der Waals surface area contributed by atoms with Gasteiger partial charge in [0.1, 0.15) is 35.4 Å². The average molecular weight is 458 g/mol. The second kappa shape index (κ2) is 9.77. The van der Waals surface area contributed by atoms with Crippen molar-refractivity contribution >= 4 is 17.3 Å². The molecule has 1 saturated heterocycles. The summed E-state index contributed by atoms with van der Waals surface area (Å²) in [6.07, 6.45) is 1.75. The molecule has 1 aliphatic heterocycles. The predicted octanol–water partition coefficient (Wildman–Crippen LogP) is 4.64. The van der Waals surface area contributed by atoms with Gasteiger partial charge < -0.3 is 18.9 Å². The lowest BCUT2D eigenvalue weighted by molar-refractivity contribution is -0.221. The molecule has 0 amide bonds. The number of carbonyl (C=O) groups is 1. The molecule has 6 nitrogen and oxygen atoms in total. The van der Waals surface area contributed by atoms with E-state index in [1.165, 1.54) is 17.4 Å². The first-order valence-corrected chi connectivity index (χ1v) is 11.1. The first-order chi connectivity index (χ1) is 15.5. The average Bonchev–Trinajstić information content (AvgIpc) is 3.23. The van der Waals surface area contributed by atoms with Crippen LogP contribution in [0.3, 0.4) is 0 Å². The van der Waals surface area contributed by atoms with E-state index in [2.05, 4.69) is 4.98 Å². The maximum absolute atomic E-state index is 13.8. The number of benzene rings is 2. The summed E-state index contributed by atoms with van der Waals surface area (Å²) in [5, 5.41) is 0.765. The summed E-state index contributed by atoms with van der Waals surface area (Å²) in [6.45, 7) is 4.84. The molecule has 0 atom stereocenters. The standard InChI is InChI=1S/C24H24FNO5S/c1-3-29-22(27)13-31-24(14-28-15-24)17-7-9-18(10-8-17)30-12-19-11-26-23(32-19)20-5-4-6-21(25)16(20)2/h4-11H,3,12-15H2,1-2H3. The monoisotopic (exact) mass is 457 g/mol. The van der Waals surface area contributed by atoms with Gasteiger partial charge in [0.05, 0.1) is 24.7 Å². The molecule has 2 heterocycles. The van der Waals surface area contributed by atoms with Crippen LogP contribution in [0.25, 0.3) is 10.6 Å². The van der Waals surface area contributed by atoms with Crippen LogP contribution in [0.5, 0.6) is 5.75 Å². The summed E-state index contributed by atoms with van der Waals surface area (Å²) < 4.78 is 35.8. The van der Waals surface area contributed by atoms with Crippen molar-refractivity contribution in [3.8, 4) is 16.3 Å². The molecule has 0 bridgehead atoms. The summed E-state index contributed by atoms with van der Waals surface area (Å²) in [5.74, 6) is 0.0685. The fourth-order valence-corrected chi connectivity index (χ4v) is 4.28. The van der Waals surface area contributed by atoms with Gasteiger partial charge in [-0.3, -0.25) is 0 Å². The number of nitrogens with zero attached hydrogens (tertiary/aromatic N) is 1. The van der Waals surface area contributed by atoms with Crippen LogP contribution in [0.15, 0.2) is 48.7 Å². The number of aromatic nitrogens is 1. The molecule has 168 valence electrons. The Bertz CT molecular complexity index is 1080. The van der Waals surface area contributed by atoms with Gasteiger partial charge in [-0.05, 0) is 43.2 Å². The zero-order valence-electron chi connectivity index (χ0n) is 17.9. The quantitative estimate of drug-likeness (QED) is 0.436. The molecular weight excluding hydrogens is 433 g/mol. The van der Waals surface area contributed by atoms with Gasteiger partial charge in [-0.1, -0.05) is 24.3 Å². The highest BCUT2D eigenvalue weighted by Crippen LogP contribution is 2.35. The molecule has 4 rings (SSSR count). The molecule has 32 heavy (non-hydrogen) atoms. The van der Waals surface area contributed by atoms with E-state index in [9.17, 15) is 9.18 Å². The van der Waals surface area contributed by atoms with Crippen LogP contribution in [0.1, 0.15) is 22.9 Å². The zero-order chi connectivity index (χ0) is 22.6. The highest BCUT2D eigenvalue weighted by atomic mass is 32.1. The maximum Gasteiger partial charge on any atom is 0.332 e. The molecule has 0 aliphatic carbocycles. The number of thiazole rings is 1. The lowest BCUT2D eigenvalue weighted by Gasteiger charge is -2.41. The smallest absolute Gasteiger partial charge is 0.332 e. The molecule has 1 fully saturated rings. The maximum atomic E-state index is 13.8. The van der Waals surface area contributed by atoms with E-state index in [0.29, 0.717) is 37.7 Å². The van der Waals surface area contributed by atoms with Crippen LogP contribution < -0.4 is 4.74 Å². The van der Waals surface area contributed by atoms with Crippen molar-refractivity contribution in [1.29, 1.82) is 0 Å². The van der Waals surface area contributed by atoms with Gasteiger partial charge in [0.15, 0.2) is 0 Å². The largest absolute Gasteiger partial charge is 0.488 e. The molecule has 1 aliphatic rings. The Balaban J connectivity index is 1.37. The van der Waals surface area contributed by atoms with Crippen molar-refractivity contribution in [3.63, 3.8) is 0 Å². The Kier molecular flexibility index (Phi) is 6.83. The third-order valence-electron chi connectivity index (χ3n) is 5.26. The van der Waals surface area contributed by atoms with Crippen LogP contribution in [0, 0.1) is 12.7 Å². The lowest BCUT2D eigenvalue weighted by Crippen LogP contribution is -2.49. The molecule has 0 saturated carbocycles. The molecule has 1 aromatic heterocycles. The second-order valence-electron chi connectivity index (χ2n) is 7.44. The van der Waals surface area contributed by atoms with E-state index in [4.69, 9.17) is 18.9 Å². The minimum atomic E-state index is -0.638. The Labute approximate surface area is 189 Å². The minimum absolute atomic E-state index is 0.117. The van der Waals surface area contributed by atoms with E-state index < -0.39 is 11.6 Å². The molecule has 0 spiro atoms. The molecule has 3 aromatic rings. The molecule has 0 unspecified atom stereocenters. The number of esters is 1. The third-order valence-corrected chi connectivity index (χ3v) is 6.26. The number of hydrogen-bond acceptors (Lipinski definition) is 7. The number of halogens is 1. The molecule has 0 N–H and O–H groups in total. The number of hydrogen-bond donors (Lipinski definition) is 0. The van der Waals surface area contributed by atoms with Crippen molar-refractivity contribution in [2.45, 2.75) is 26.1 Å². The van der Waals surface area contributed by atoms with E-state index in [1.807, 2.05) is 30.3 Å². The third kappa shape index (κ3) is 4.82. The van der Waals surface area contributed by atoms with Gasteiger partial charge >= 0.3 is 5.97 Å². The van der Waals surface area contributed by atoms with E-state index in [1.54, 1.807) is 26.1 Å². The Hall–Kier alpha value is -2.81. The van der Waals surface area contributed by atoms with Gasteiger partial charge in [0.2, 0.25) is 0 Å². The fourth-order valence-electron chi connectivity index (χ4n) is 3.37. The topological polar surface area (TPSA) is 66.9 Å². The van der Waals surface area contributed by atoms with Crippen LogP contribution in [0.4, 0.5) is 4.39 Å². The van der Waals surface area contributed by atoms with Gasteiger partial charge in [0, 0.05) is 11.8 Å². The van der Waals surface area contributed by atoms with Gasteiger partial charge in [0.25, 0.3) is 0 Å². The van der Waals surface area contributed by atoms with E-state index in [-0.39, 0.29) is 12.4 Å².